The number of rotatable bonds is 2. The topological polar surface area (TPSA) is 67.8 Å². The Kier molecular flexibility index (Phi) is 4.46. The number of ketones is 2. The molecule has 5 aliphatic rings. The van der Waals surface area contributed by atoms with Crippen LogP contribution in [0.1, 0.15) is 71.6 Å². The van der Waals surface area contributed by atoms with E-state index in [1.807, 2.05) is 0 Å². The van der Waals surface area contributed by atoms with Crippen LogP contribution in [0.2, 0.25) is 0 Å². The molecule has 5 rings (SSSR count). The standard InChI is InChI=1S/C23H34N2O3/c1-22-8-3-4-16(22)19-17(6-9-22)23(2)10-5-14(12-18(23)20(26)21(19)27)25-28-15-7-11-24-13-15/h15-19,24H,3-13H2,1-2H3/t15-,16+,17+,18-,19+,22+,23-/m1/s1. The van der Waals surface area contributed by atoms with Crippen LogP contribution in [-0.4, -0.2) is 36.5 Å². The molecule has 5 heteroatoms. The summed E-state index contributed by atoms with van der Waals surface area (Å²) in [5.41, 5.74) is 1.22. The minimum atomic E-state index is -0.190. The lowest BCUT2D eigenvalue weighted by atomic mass is 9.44. The van der Waals surface area contributed by atoms with Crippen molar-refractivity contribution in [1.82, 2.24) is 5.32 Å². The van der Waals surface area contributed by atoms with Crippen LogP contribution >= 0.6 is 0 Å². The van der Waals surface area contributed by atoms with Crippen LogP contribution in [0.4, 0.5) is 0 Å². The van der Waals surface area contributed by atoms with Crippen molar-refractivity contribution in [2.24, 2.45) is 39.7 Å². The van der Waals surface area contributed by atoms with Crippen molar-refractivity contribution in [3.8, 4) is 0 Å². The summed E-state index contributed by atoms with van der Waals surface area (Å²) in [6, 6.07) is 0. The van der Waals surface area contributed by atoms with Crippen molar-refractivity contribution in [3.63, 3.8) is 0 Å². The lowest BCUT2D eigenvalue weighted by Gasteiger charge is -2.58. The van der Waals surface area contributed by atoms with E-state index in [2.05, 4.69) is 24.3 Å². The van der Waals surface area contributed by atoms with E-state index in [0.717, 1.165) is 50.9 Å². The predicted octanol–water partition coefficient (Wildman–Crippen LogP) is 3.51. The largest absolute Gasteiger partial charge is 0.391 e. The predicted molar refractivity (Wildman–Crippen MR) is 107 cm³/mol. The Morgan fingerprint density at radius 2 is 1.89 bits per heavy atom. The first-order valence-electron chi connectivity index (χ1n) is 11.4. The lowest BCUT2D eigenvalue weighted by Crippen LogP contribution is -2.60. The Hall–Kier alpha value is -1.23. The van der Waals surface area contributed by atoms with Gasteiger partial charge in [0.15, 0.2) is 0 Å². The van der Waals surface area contributed by atoms with Gasteiger partial charge in [0.2, 0.25) is 11.6 Å². The molecule has 28 heavy (non-hydrogen) atoms. The van der Waals surface area contributed by atoms with Crippen LogP contribution in [0.25, 0.3) is 0 Å². The second kappa shape index (κ2) is 6.65. The van der Waals surface area contributed by atoms with Crippen molar-refractivity contribution in [3.05, 3.63) is 0 Å². The Morgan fingerprint density at radius 3 is 2.68 bits per heavy atom. The summed E-state index contributed by atoms with van der Waals surface area (Å²) < 4.78 is 0. The van der Waals surface area contributed by atoms with Gasteiger partial charge in [0.25, 0.3) is 0 Å². The second-order valence-corrected chi connectivity index (χ2v) is 10.7. The fourth-order valence-electron chi connectivity index (χ4n) is 7.51. The van der Waals surface area contributed by atoms with E-state index in [-0.39, 0.29) is 40.3 Å². The van der Waals surface area contributed by atoms with Crippen molar-refractivity contribution < 1.29 is 14.4 Å². The molecule has 0 aromatic rings. The van der Waals surface area contributed by atoms with Gasteiger partial charge in [0, 0.05) is 24.8 Å². The van der Waals surface area contributed by atoms with Gasteiger partial charge in [0.1, 0.15) is 6.10 Å². The molecule has 1 saturated heterocycles. The highest BCUT2D eigenvalue weighted by Crippen LogP contribution is 2.64. The minimum Gasteiger partial charge on any atom is -0.391 e. The molecule has 0 radical (unpaired) electrons. The lowest BCUT2D eigenvalue weighted by molar-refractivity contribution is -0.164. The zero-order valence-electron chi connectivity index (χ0n) is 17.3. The highest BCUT2D eigenvalue weighted by Gasteiger charge is 2.63. The van der Waals surface area contributed by atoms with Gasteiger partial charge >= 0.3 is 0 Å². The first kappa shape index (κ1) is 18.8. The molecular weight excluding hydrogens is 352 g/mol. The van der Waals surface area contributed by atoms with E-state index >= 15 is 0 Å². The van der Waals surface area contributed by atoms with Crippen LogP contribution in [0.5, 0.6) is 0 Å². The second-order valence-electron chi connectivity index (χ2n) is 10.7. The molecule has 0 aromatic heterocycles. The van der Waals surface area contributed by atoms with E-state index in [0.29, 0.717) is 18.3 Å². The zero-order chi connectivity index (χ0) is 19.5. The van der Waals surface area contributed by atoms with Gasteiger partial charge in [-0.1, -0.05) is 25.4 Å². The summed E-state index contributed by atoms with van der Waals surface area (Å²) in [7, 11) is 0. The molecular formula is C23H34N2O3. The van der Waals surface area contributed by atoms with Crippen molar-refractivity contribution in [2.75, 3.05) is 13.1 Å². The number of hydrogen-bond acceptors (Lipinski definition) is 5. The van der Waals surface area contributed by atoms with Gasteiger partial charge in [-0.15, -0.1) is 0 Å². The smallest absolute Gasteiger partial charge is 0.202 e. The third-order valence-corrected chi connectivity index (χ3v) is 9.29. The zero-order valence-corrected chi connectivity index (χ0v) is 17.3. The first-order valence-corrected chi connectivity index (χ1v) is 11.4. The summed E-state index contributed by atoms with van der Waals surface area (Å²) >= 11 is 0. The summed E-state index contributed by atoms with van der Waals surface area (Å²) in [5, 5.41) is 7.71. The van der Waals surface area contributed by atoms with Crippen molar-refractivity contribution >= 4 is 17.3 Å². The maximum absolute atomic E-state index is 13.3. The summed E-state index contributed by atoms with van der Waals surface area (Å²) in [5.74, 6) is 0.440. The first-order chi connectivity index (χ1) is 13.4. The number of nitrogens with one attached hydrogen (secondary N) is 1. The Balaban J connectivity index is 1.39. The highest BCUT2D eigenvalue weighted by atomic mass is 16.6. The molecule has 0 spiro atoms. The average molecular weight is 387 g/mol. The molecule has 0 bridgehead atoms. The van der Waals surface area contributed by atoms with E-state index in [1.165, 1.54) is 19.3 Å². The van der Waals surface area contributed by atoms with E-state index in [4.69, 9.17) is 4.84 Å². The molecule has 0 unspecified atom stereocenters. The third kappa shape index (κ3) is 2.72. The Labute approximate surface area is 168 Å². The fraction of sp³-hybridized carbons (Fsp3) is 0.870. The highest BCUT2D eigenvalue weighted by molar-refractivity contribution is 6.40. The minimum absolute atomic E-state index is 0.0192. The quantitative estimate of drug-likeness (QED) is 0.582. The number of carbonyl (C=O) groups excluding carboxylic acids is 2. The molecule has 1 aliphatic heterocycles. The van der Waals surface area contributed by atoms with Crippen LogP contribution in [0.15, 0.2) is 5.16 Å². The summed E-state index contributed by atoms with van der Waals surface area (Å²) in [6.45, 7) is 6.50. The summed E-state index contributed by atoms with van der Waals surface area (Å²) in [4.78, 5) is 32.3. The van der Waals surface area contributed by atoms with Crippen LogP contribution < -0.4 is 5.32 Å². The monoisotopic (exact) mass is 386 g/mol. The Bertz CT molecular complexity index is 713. The van der Waals surface area contributed by atoms with Gasteiger partial charge in [-0.05, 0) is 74.2 Å². The molecule has 4 saturated carbocycles. The van der Waals surface area contributed by atoms with Crippen LogP contribution in [0, 0.1) is 34.5 Å². The van der Waals surface area contributed by atoms with Gasteiger partial charge < -0.3 is 10.2 Å². The van der Waals surface area contributed by atoms with E-state index < -0.39 is 0 Å². The van der Waals surface area contributed by atoms with E-state index in [9.17, 15) is 9.59 Å². The molecule has 7 atom stereocenters. The van der Waals surface area contributed by atoms with Crippen LogP contribution in [-0.2, 0) is 14.4 Å². The van der Waals surface area contributed by atoms with Gasteiger partial charge in [0.05, 0.1) is 5.71 Å². The molecule has 1 N–H and O–H groups in total. The van der Waals surface area contributed by atoms with Gasteiger partial charge in [-0.2, -0.15) is 0 Å². The number of Topliss-reactive ketones (excluding diaryl/α,β-unsaturated/α-hetero) is 2. The molecule has 0 aromatic carbocycles. The Morgan fingerprint density at radius 1 is 1.04 bits per heavy atom. The normalized spacial score (nSPS) is 49.6. The van der Waals surface area contributed by atoms with Crippen LogP contribution in [0.3, 0.4) is 0 Å². The van der Waals surface area contributed by atoms with Gasteiger partial charge in [-0.25, -0.2) is 0 Å². The number of carbonyl (C=O) groups is 2. The SMILES string of the molecule is C[C@@]12CCC[C@H]1[C@@H]1C(=O)C(=O)[C@H]3CC(=NO[C@@H]4CCNC4)CC[C@]3(C)[C@H]1CC2. The maximum Gasteiger partial charge on any atom is 0.202 e. The average Bonchev–Trinajstić information content (AvgIpc) is 3.33. The number of hydrogen-bond donors (Lipinski definition) is 1. The molecule has 5 fully saturated rings. The molecule has 1 heterocycles. The van der Waals surface area contributed by atoms with Crippen molar-refractivity contribution in [1.29, 1.82) is 0 Å². The van der Waals surface area contributed by atoms with Gasteiger partial charge in [-0.3, -0.25) is 9.59 Å². The summed E-state index contributed by atoms with van der Waals surface area (Å²) in [6.07, 6.45) is 9.53. The third-order valence-electron chi connectivity index (χ3n) is 9.29. The molecule has 4 aliphatic carbocycles. The number of oxime groups is 1. The van der Waals surface area contributed by atoms with Crippen molar-refractivity contribution in [2.45, 2.75) is 77.7 Å². The number of fused-ring (bicyclic) bond motifs is 5. The van der Waals surface area contributed by atoms with E-state index in [1.54, 1.807) is 0 Å². The molecule has 5 nitrogen and oxygen atoms in total. The molecule has 0 amide bonds. The number of nitrogens with zero attached hydrogens (tertiary/aromatic N) is 1. The fourth-order valence-corrected chi connectivity index (χ4v) is 7.51. The maximum atomic E-state index is 13.3. The molecule has 154 valence electrons.